The van der Waals surface area contributed by atoms with Crippen LogP contribution in [0.5, 0.6) is 5.75 Å². The first-order chi connectivity index (χ1) is 9.49. The zero-order chi connectivity index (χ0) is 15.1. The summed E-state index contributed by atoms with van der Waals surface area (Å²) in [7, 11) is 3.15. The van der Waals surface area contributed by atoms with Crippen LogP contribution in [0.1, 0.15) is 25.3 Å². The topological polar surface area (TPSA) is 55.6 Å². The second kappa shape index (κ2) is 7.85. The zero-order valence-corrected chi connectivity index (χ0v) is 12.4. The van der Waals surface area contributed by atoms with Gasteiger partial charge in [0.25, 0.3) is 0 Å². The lowest BCUT2D eigenvalue weighted by molar-refractivity contribution is -0.134. The molecule has 0 aliphatic rings. The van der Waals surface area contributed by atoms with Crippen molar-refractivity contribution in [2.24, 2.45) is 11.7 Å². The Morgan fingerprint density at radius 1 is 1.50 bits per heavy atom. The first-order valence-electron chi connectivity index (χ1n) is 6.77. The molecule has 0 fully saturated rings. The van der Waals surface area contributed by atoms with Crippen LogP contribution in [0.4, 0.5) is 4.39 Å². The van der Waals surface area contributed by atoms with Crippen molar-refractivity contribution < 1.29 is 13.9 Å². The number of amides is 1. The van der Waals surface area contributed by atoms with Gasteiger partial charge in [-0.1, -0.05) is 13.0 Å². The Labute approximate surface area is 119 Å². The van der Waals surface area contributed by atoms with Crippen LogP contribution < -0.4 is 10.5 Å². The van der Waals surface area contributed by atoms with E-state index in [1.807, 2.05) is 6.92 Å². The fourth-order valence-corrected chi connectivity index (χ4v) is 2.08. The van der Waals surface area contributed by atoms with Gasteiger partial charge in [0.05, 0.1) is 7.11 Å². The lowest BCUT2D eigenvalue weighted by Gasteiger charge is -2.21. The maximum atomic E-state index is 13.6. The predicted octanol–water partition coefficient (Wildman–Crippen LogP) is 2.17. The van der Waals surface area contributed by atoms with Gasteiger partial charge in [0, 0.05) is 19.5 Å². The van der Waals surface area contributed by atoms with Gasteiger partial charge in [-0.05, 0) is 37.1 Å². The summed E-state index contributed by atoms with van der Waals surface area (Å²) in [5.41, 5.74) is 6.18. The molecule has 4 nitrogen and oxygen atoms in total. The van der Waals surface area contributed by atoms with Crippen molar-refractivity contribution >= 4 is 5.91 Å². The number of halogens is 1. The maximum Gasteiger partial charge on any atom is 0.225 e. The smallest absolute Gasteiger partial charge is 0.225 e. The molecule has 0 aliphatic heterocycles. The van der Waals surface area contributed by atoms with Crippen LogP contribution in [0, 0.1) is 11.7 Å². The minimum absolute atomic E-state index is 0.0506. The average molecular weight is 282 g/mol. The minimum Gasteiger partial charge on any atom is -0.494 e. The average Bonchev–Trinajstić information content (AvgIpc) is 2.44. The maximum absolute atomic E-state index is 13.6. The van der Waals surface area contributed by atoms with E-state index in [4.69, 9.17) is 10.5 Å². The van der Waals surface area contributed by atoms with Crippen molar-refractivity contribution in [1.29, 1.82) is 0 Å². The quantitative estimate of drug-likeness (QED) is 0.834. The van der Waals surface area contributed by atoms with Gasteiger partial charge in [-0.25, -0.2) is 4.39 Å². The molecule has 0 aliphatic carbocycles. The molecule has 0 radical (unpaired) electrons. The Balaban J connectivity index is 2.63. The van der Waals surface area contributed by atoms with Gasteiger partial charge < -0.3 is 15.4 Å². The molecule has 0 aromatic heterocycles. The monoisotopic (exact) mass is 282 g/mol. The van der Waals surface area contributed by atoms with E-state index in [1.165, 1.54) is 13.2 Å². The second-order valence-corrected chi connectivity index (χ2v) is 5.00. The summed E-state index contributed by atoms with van der Waals surface area (Å²) in [5, 5.41) is 0. The Kier molecular flexibility index (Phi) is 6.45. The van der Waals surface area contributed by atoms with E-state index in [0.29, 0.717) is 13.1 Å². The minimum atomic E-state index is -0.415. The lowest BCUT2D eigenvalue weighted by atomic mass is 10.0. The van der Waals surface area contributed by atoms with Crippen molar-refractivity contribution in [2.75, 3.05) is 20.7 Å². The van der Waals surface area contributed by atoms with Crippen LogP contribution in [0.3, 0.4) is 0 Å². The van der Waals surface area contributed by atoms with Gasteiger partial charge in [0.1, 0.15) is 0 Å². The number of carbonyl (C=O) groups is 1. The number of carbonyl (C=O) groups excluding carboxylic acids is 1. The fourth-order valence-electron chi connectivity index (χ4n) is 2.08. The van der Waals surface area contributed by atoms with Crippen LogP contribution in [-0.2, 0) is 11.3 Å². The molecule has 0 heterocycles. The van der Waals surface area contributed by atoms with Crippen molar-refractivity contribution in [3.05, 3.63) is 29.6 Å². The molecule has 1 rings (SSSR count). The number of benzene rings is 1. The highest BCUT2D eigenvalue weighted by molar-refractivity contribution is 5.78. The number of hydrogen-bond donors (Lipinski definition) is 1. The van der Waals surface area contributed by atoms with Crippen LogP contribution in [0.2, 0.25) is 0 Å². The number of hydrogen-bond acceptors (Lipinski definition) is 3. The molecule has 1 unspecified atom stereocenters. The molecule has 1 atom stereocenters. The van der Waals surface area contributed by atoms with E-state index < -0.39 is 5.82 Å². The van der Waals surface area contributed by atoms with Crippen molar-refractivity contribution in [3.8, 4) is 5.75 Å². The first kappa shape index (κ1) is 16.4. The standard InChI is InChI=1S/C15H23FN2O2/c1-11(5-4-8-17)15(19)18(2)10-12-6-7-14(20-3)13(16)9-12/h6-7,9,11H,4-5,8,10,17H2,1-3H3. The third kappa shape index (κ3) is 4.49. The Morgan fingerprint density at radius 2 is 2.20 bits per heavy atom. The summed E-state index contributed by atoms with van der Waals surface area (Å²) in [4.78, 5) is 13.7. The van der Waals surface area contributed by atoms with Crippen LogP contribution in [-0.4, -0.2) is 31.5 Å². The Bertz CT molecular complexity index is 451. The molecule has 1 aromatic rings. The van der Waals surface area contributed by atoms with Gasteiger partial charge in [0.2, 0.25) is 5.91 Å². The van der Waals surface area contributed by atoms with Gasteiger partial charge in [-0.3, -0.25) is 4.79 Å². The van der Waals surface area contributed by atoms with Gasteiger partial charge in [-0.2, -0.15) is 0 Å². The molecule has 112 valence electrons. The third-order valence-corrected chi connectivity index (χ3v) is 3.28. The summed E-state index contributed by atoms with van der Waals surface area (Å²) >= 11 is 0. The van der Waals surface area contributed by atoms with E-state index >= 15 is 0 Å². The van der Waals surface area contributed by atoms with Gasteiger partial charge in [0.15, 0.2) is 11.6 Å². The predicted molar refractivity (Wildman–Crippen MR) is 76.9 cm³/mol. The van der Waals surface area contributed by atoms with E-state index in [0.717, 1.165) is 18.4 Å². The fraction of sp³-hybridized carbons (Fsp3) is 0.533. The van der Waals surface area contributed by atoms with E-state index in [2.05, 4.69) is 0 Å². The number of ether oxygens (including phenoxy) is 1. The summed E-state index contributed by atoms with van der Waals surface area (Å²) < 4.78 is 18.5. The van der Waals surface area contributed by atoms with Gasteiger partial charge in [-0.15, -0.1) is 0 Å². The molecule has 0 saturated carbocycles. The van der Waals surface area contributed by atoms with E-state index in [-0.39, 0.29) is 17.6 Å². The zero-order valence-electron chi connectivity index (χ0n) is 12.4. The molecule has 2 N–H and O–H groups in total. The van der Waals surface area contributed by atoms with Gasteiger partial charge >= 0.3 is 0 Å². The molecule has 0 bridgehead atoms. The van der Waals surface area contributed by atoms with Crippen LogP contribution >= 0.6 is 0 Å². The SMILES string of the molecule is COc1ccc(CN(C)C(=O)C(C)CCCN)cc1F. The molecule has 0 spiro atoms. The molecule has 1 amide bonds. The number of nitrogens with zero attached hydrogens (tertiary/aromatic N) is 1. The van der Waals surface area contributed by atoms with Crippen LogP contribution in [0.15, 0.2) is 18.2 Å². The molecule has 20 heavy (non-hydrogen) atoms. The molecule has 0 saturated heterocycles. The lowest BCUT2D eigenvalue weighted by Crippen LogP contribution is -2.31. The highest BCUT2D eigenvalue weighted by Gasteiger charge is 2.17. The third-order valence-electron chi connectivity index (χ3n) is 3.28. The van der Waals surface area contributed by atoms with E-state index in [1.54, 1.807) is 24.1 Å². The number of nitrogens with two attached hydrogens (primary N) is 1. The number of methoxy groups -OCH3 is 1. The molecule has 1 aromatic carbocycles. The molecular formula is C15H23FN2O2. The van der Waals surface area contributed by atoms with Crippen molar-refractivity contribution in [3.63, 3.8) is 0 Å². The molecular weight excluding hydrogens is 259 g/mol. The van der Waals surface area contributed by atoms with Crippen molar-refractivity contribution in [2.45, 2.75) is 26.3 Å². The first-order valence-corrected chi connectivity index (χ1v) is 6.77. The van der Waals surface area contributed by atoms with Crippen LogP contribution in [0.25, 0.3) is 0 Å². The number of rotatable bonds is 7. The van der Waals surface area contributed by atoms with E-state index in [9.17, 15) is 9.18 Å². The Morgan fingerprint density at radius 3 is 2.75 bits per heavy atom. The summed E-state index contributed by atoms with van der Waals surface area (Å²) in [5.74, 6) is -0.220. The largest absolute Gasteiger partial charge is 0.494 e. The summed E-state index contributed by atoms with van der Waals surface area (Å²) in [6, 6.07) is 4.73. The summed E-state index contributed by atoms with van der Waals surface area (Å²) in [6.07, 6.45) is 1.61. The highest BCUT2D eigenvalue weighted by atomic mass is 19.1. The van der Waals surface area contributed by atoms with Crippen molar-refractivity contribution in [1.82, 2.24) is 4.90 Å². The highest BCUT2D eigenvalue weighted by Crippen LogP contribution is 2.19. The summed E-state index contributed by atoms with van der Waals surface area (Å²) in [6.45, 7) is 2.86. The molecule has 5 heteroatoms. The normalized spacial score (nSPS) is 12.1. The second-order valence-electron chi connectivity index (χ2n) is 5.00. The Hall–Kier alpha value is -1.62.